The van der Waals surface area contributed by atoms with Gasteiger partial charge >= 0.3 is 0 Å². The van der Waals surface area contributed by atoms with Crippen molar-refractivity contribution in [1.82, 2.24) is 4.57 Å². The fraction of sp³-hybridized carbons (Fsp3) is 0.421. The zero-order chi connectivity index (χ0) is 19.3. The second kappa shape index (κ2) is 8.98. The van der Waals surface area contributed by atoms with Crippen molar-refractivity contribution in [3.8, 4) is 0 Å². The van der Waals surface area contributed by atoms with Crippen LogP contribution in [0.5, 0.6) is 0 Å². The lowest BCUT2D eigenvalue weighted by atomic mass is 10.1. The Morgan fingerprint density at radius 1 is 1.19 bits per heavy atom. The van der Waals surface area contributed by atoms with E-state index in [-0.39, 0.29) is 11.2 Å². The highest BCUT2D eigenvalue weighted by atomic mass is 32.2. The molecule has 0 amide bonds. The highest BCUT2D eigenvalue weighted by Gasteiger charge is 2.14. The molecule has 0 aliphatic heterocycles. The summed E-state index contributed by atoms with van der Waals surface area (Å²) in [5, 5.41) is 2.98. The molecule has 0 saturated carbocycles. The van der Waals surface area contributed by atoms with Gasteiger partial charge in [-0.25, -0.2) is 8.60 Å². The van der Waals surface area contributed by atoms with E-state index in [0.717, 1.165) is 24.8 Å². The summed E-state index contributed by atoms with van der Waals surface area (Å²) in [5.74, 6) is 0.501. The minimum Gasteiger partial charge on any atom is -0.337 e. The minimum absolute atomic E-state index is 0.192. The van der Waals surface area contributed by atoms with E-state index < -0.39 is 16.8 Å². The molecule has 2 N–H and O–H groups in total. The van der Waals surface area contributed by atoms with E-state index in [1.165, 1.54) is 10.6 Å². The van der Waals surface area contributed by atoms with Crippen LogP contribution in [0.2, 0.25) is 0 Å². The van der Waals surface area contributed by atoms with Crippen molar-refractivity contribution in [2.75, 3.05) is 15.8 Å². The topological polar surface area (TPSA) is 63.1 Å². The molecule has 7 heteroatoms. The number of rotatable bonds is 8. The molecule has 142 valence electrons. The molecule has 5 nitrogen and oxygen atoms in total. The summed E-state index contributed by atoms with van der Waals surface area (Å²) in [5.41, 5.74) is 2.00. The van der Waals surface area contributed by atoms with Gasteiger partial charge in [-0.2, -0.15) is 0 Å². The Hall–Kier alpha value is -2.15. The van der Waals surface area contributed by atoms with Crippen molar-refractivity contribution in [3.63, 3.8) is 0 Å². The fourth-order valence-electron chi connectivity index (χ4n) is 2.58. The zero-order valence-electron chi connectivity index (χ0n) is 15.7. The molecule has 1 aromatic heterocycles. The molecule has 0 radical (unpaired) electrons. The second-order valence-corrected chi connectivity index (χ2v) is 7.56. The lowest BCUT2D eigenvalue weighted by Crippen LogP contribution is -2.24. The predicted octanol–water partition coefficient (Wildman–Crippen LogP) is 4.01. The Balaban J connectivity index is 2.41. The van der Waals surface area contributed by atoms with Crippen LogP contribution in [0, 0.1) is 12.7 Å². The van der Waals surface area contributed by atoms with Gasteiger partial charge in [0.15, 0.2) is 0 Å². The van der Waals surface area contributed by atoms with Gasteiger partial charge in [0.2, 0.25) is 0 Å². The molecule has 1 heterocycles. The third-order valence-electron chi connectivity index (χ3n) is 4.20. The molecular weight excluding hydrogens is 353 g/mol. The molecule has 0 bridgehead atoms. The number of benzene rings is 1. The lowest BCUT2D eigenvalue weighted by Gasteiger charge is -2.18. The van der Waals surface area contributed by atoms with E-state index in [2.05, 4.69) is 10.0 Å². The highest BCUT2D eigenvalue weighted by molar-refractivity contribution is 7.86. The Morgan fingerprint density at radius 3 is 2.54 bits per heavy atom. The number of halogens is 1. The molecule has 1 unspecified atom stereocenters. The van der Waals surface area contributed by atoms with Gasteiger partial charge in [0.25, 0.3) is 5.56 Å². The van der Waals surface area contributed by atoms with Gasteiger partial charge in [0.1, 0.15) is 22.6 Å². The van der Waals surface area contributed by atoms with Gasteiger partial charge in [0.05, 0.1) is 11.4 Å². The van der Waals surface area contributed by atoms with Crippen molar-refractivity contribution in [2.24, 2.45) is 7.05 Å². The molecular formula is C19H26FN3O2S. The molecule has 1 atom stereocenters. The van der Waals surface area contributed by atoms with Crippen LogP contribution >= 0.6 is 0 Å². The lowest BCUT2D eigenvalue weighted by molar-refractivity contribution is 0.629. The van der Waals surface area contributed by atoms with Crippen LogP contribution in [0.4, 0.5) is 21.6 Å². The SMILES string of the molecule is CCCCS(=O)Nc1cc(C)c(=O)n(C)c1Nc1ccc(CC)cc1F. The van der Waals surface area contributed by atoms with Gasteiger partial charge in [-0.3, -0.25) is 9.36 Å². The number of hydrogen-bond donors (Lipinski definition) is 2. The molecule has 0 saturated heterocycles. The molecule has 0 aliphatic rings. The summed E-state index contributed by atoms with van der Waals surface area (Å²) in [6.45, 7) is 5.69. The average Bonchev–Trinajstić information content (AvgIpc) is 2.62. The number of aryl methyl sites for hydroxylation is 2. The van der Waals surface area contributed by atoms with Gasteiger partial charge in [-0.15, -0.1) is 0 Å². The van der Waals surface area contributed by atoms with E-state index in [0.29, 0.717) is 22.8 Å². The van der Waals surface area contributed by atoms with Crippen LogP contribution in [-0.4, -0.2) is 14.5 Å². The van der Waals surface area contributed by atoms with Crippen LogP contribution in [-0.2, 0) is 24.5 Å². The van der Waals surface area contributed by atoms with Crippen LogP contribution in [0.1, 0.15) is 37.8 Å². The summed E-state index contributed by atoms with van der Waals surface area (Å²) >= 11 is 0. The first-order chi connectivity index (χ1) is 12.4. The molecule has 26 heavy (non-hydrogen) atoms. The van der Waals surface area contributed by atoms with Crippen molar-refractivity contribution in [2.45, 2.75) is 40.0 Å². The standard InChI is InChI=1S/C19H26FN3O2S/c1-5-7-10-26(25)22-17-11-13(3)19(24)23(4)18(17)21-16-9-8-14(6-2)12-15(16)20/h8-9,11-12,21-22H,5-7,10H2,1-4H3. The minimum atomic E-state index is -1.27. The monoisotopic (exact) mass is 379 g/mol. The third-order valence-corrected chi connectivity index (χ3v) is 5.30. The largest absolute Gasteiger partial charge is 0.337 e. The summed E-state index contributed by atoms with van der Waals surface area (Å²) in [4.78, 5) is 12.3. The van der Waals surface area contributed by atoms with Gasteiger partial charge in [-0.05, 0) is 43.5 Å². The Morgan fingerprint density at radius 2 is 1.92 bits per heavy atom. The van der Waals surface area contributed by atoms with E-state index >= 15 is 0 Å². The van der Waals surface area contributed by atoms with Crippen LogP contribution in [0.15, 0.2) is 29.1 Å². The van der Waals surface area contributed by atoms with Crippen LogP contribution < -0.4 is 15.6 Å². The van der Waals surface area contributed by atoms with Crippen molar-refractivity contribution in [3.05, 3.63) is 51.6 Å². The van der Waals surface area contributed by atoms with Crippen LogP contribution in [0.25, 0.3) is 0 Å². The number of hydrogen-bond acceptors (Lipinski definition) is 3. The molecule has 0 spiro atoms. The molecule has 0 aliphatic carbocycles. The average molecular weight is 380 g/mol. The van der Waals surface area contributed by atoms with E-state index in [1.807, 2.05) is 19.9 Å². The highest BCUT2D eigenvalue weighted by Crippen LogP contribution is 2.27. The first-order valence-electron chi connectivity index (χ1n) is 8.78. The number of anilines is 3. The van der Waals surface area contributed by atoms with E-state index in [4.69, 9.17) is 0 Å². The maximum absolute atomic E-state index is 14.4. The number of pyridine rings is 1. The number of nitrogens with zero attached hydrogens (tertiary/aromatic N) is 1. The number of unbranched alkanes of at least 4 members (excludes halogenated alkanes) is 1. The van der Waals surface area contributed by atoms with Crippen molar-refractivity contribution < 1.29 is 8.60 Å². The Kier molecular flexibility index (Phi) is 6.97. The van der Waals surface area contributed by atoms with Gasteiger partial charge in [0, 0.05) is 18.4 Å². The maximum atomic E-state index is 14.4. The van der Waals surface area contributed by atoms with E-state index in [9.17, 15) is 13.4 Å². The number of nitrogens with one attached hydrogen (secondary N) is 2. The first-order valence-corrected chi connectivity index (χ1v) is 10.1. The maximum Gasteiger partial charge on any atom is 0.254 e. The quantitative estimate of drug-likeness (QED) is 0.728. The second-order valence-electron chi connectivity index (χ2n) is 6.25. The van der Waals surface area contributed by atoms with Crippen molar-refractivity contribution in [1.29, 1.82) is 0 Å². The third kappa shape index (κ3) is 4.72. The Bertz CT molecular complexity index is 865. The van der Waals surface area contributed by atoms with Gasteiger partial charge < -0.3 is 10.0 Å². The summed E-state index contributed by atoms with van der Waals surface area (Å²) in [6, 6.07) is 6.61. The normalized spacial score (nSPS) is 12.0. The van der Waals surface area contributed by atoms with Gasteiger partial charge in [-0.1, -0.05) is 26.3 Å². The molecule has 2 aromatic rings. The smallest absolute Gasteiger partial charge is 0.254 e. The predicted molar refractivity (Wildman–Crippen MR) is 107 cm³/mol. The number of aromatic nitrogens is 1. The van der Waals surface area contributed by atoms with Crippen molar-refractivity contribution >= 4 is 28.2 Å². The molecule has 1 aromatic carbocycles. The molecule has 2 rings (SSSR count). The summed E-state index contributed by atoms with van der Waals surface area (Å²) < 4.78 is 31.0. The summed E-state index contributed by atoms with van der Waals surface area (Å²) in [7, 11) is 0.335. The van der Waals surface area contributed by atoms with Crippen LogP contribution in [0.3, 0.4) is 0 Å². The molecule has 0 fully saturated rings. The van der Waals surface area contributed by atoms with E-state index in [1.54, 1.807) is 26.1 Å². The summed E-state index contributed by atoms with van der Waals surface area (Å²) in [6.07, 6.45) is 2.52. The Labute approximate surface area is 156 Å². The zero-order valence-corrected chi connectivity index (χ0v) is 16.5. The fourth-order valence-corrected chi connectivity index (χ4v) is 3.63. The first kappa shape index (κ1) is 20.2.